The first kappa shape index (κ1) is 10.9. The molecule has 1 aliphatic heterocycles. The second-order valence-electron chi connectivity index (χ2n) is 2.45. The van der Waals surface area contributed by atoms with Crippen molar-refractivity contribution in [3.8, 4) is 0 Å². The van der Waals surface area contributed by atoms with Crippen LogP contribution in [0.4, 0.5) is 0 Å². The van der Waals surface area contributed by atoms with E-state index in [1.54, 1.807) is 7.11 Å². The molecule has 1 saturated heterocycles. The topological polar surface area (TPSA) is 41.5 Å². The lowest BCUT2D eigenvalue weighted by atomic mass is 10.2. The molecule has 2 N–H and O–H groups in total. The van der Waals surface area contributed by atoms with E-state index in [0.29, 0.717) is 19.2 Å². The molecule has 0 aromatic carbocycles. The van der Waals surface area contributed by atoms with E-state index in [2.05, 4.69) is 5.32 Å². The van der Waals surface area contributed by atoms with E-state index in [1.807, 2.05) is 13.8 Å². The first-order valence-electron chi connectivity index (χ1n) is 4.23. The number of hydrogen-bond acceptors (Lipinski definition) is 3. The maximum absolute atomic E-state index is 9.01. The molecule has 0 bridgehead atoms. The molecule has 2 atom stereocenters. The van der Waals surface area contributed by atoms with Crippen molar-refractivity contribution in [2.75, 3.05) is 20.3 Å². The molecule has 0 saturated carbocycles. The first-order valence-corrected chi connectivity index (χ1v) is 4.23. The Labute approximate surface area is 68.8 Å². The highest BCUT2D eigenvalue weighted by atomic mass is 16.5. The molecule has 0 spiro atoms. The van der Waals surface area contributed by atoms with Gasteiger partial charge in [0.15, 0.2) is 0 Å². The van der Waals surface area contributed by atoms with Crippen molar-refractivity contribution < 1.29 is 9.84 Å². The van der Waals surface area contributed by atoms with Crippen LogP contribution in [0.5, 0.6) is 0 Å². The summed E-state index contributed by atoms with van der Waals surface area (Å²) in [5.74, 6) is 0. The minimum absolute atomic E-state index is 0.162. The average molecular weight is 161 g/mol. The fraction of sp³-hybridized carbons (Fsp3) is 1.00. The molecule has 0 aromatic heterocycles. The van der Waals surface area contributed by atoms with Crippen molar-refractivity contribution in [2.45, 2.75) is 32.4 Å². The van der Waals surface area contributed by atoms with Gasteiger partial charge in [0.2, 0.25) is 0 Å². The lowest BCUT2D eigenvalue weighted by Gasteiger charge is -2.06. The highest BCUT2D eigenvalue weighted by Gasteiger charge is 2.20. The standard InChI is InChI=1S/C6H13NO2.C2H6/c1-9-4-5-2-6(8)3-7-5;1-2/h5-8H,2-4H2,1H3;1-2H3. The van der Waals surface area contributed by atoms with Crippen molar-refractivity contribution in [1.82, 2.24) is 5.32 Å². The van der Waals surface area contributed by atoms with E-state index >= 15 is 0 Å². The number of nitrogens with one attached hydrogen (secondary N) is 1. The molecular formula is C8H19NO2. The molecule has 68 valence electrons. The molecule has 1 fully saturated rings. The maximum Gasteiger partial charge on any atom is 0.0680 e. The van der Waals surface area contributed by atoms with Crippen molar-refractivity contribution in [3.05, 3.63) is 0 Å². The quantitative estimate of drug-likeness (QED) is 0.615. The first-order chi connectivity index (χ1) is 5.33. The molecule has 3 heteroatoms. The van der Waals surface area contributed by atoms with Crippen molar-refractivity contribution in [1.29, 1.82) is 0 Å². The minimum atomic E-state index is -0.162. The predicted octanol–water partition coefficient (Wildman–Crippen LogP) is 0.382. The van der Waals surface area contributed by atoms with Crippen LogP contribution in [0.15, 0.2) is 0 Å². The Morgan fingerprint density at radius 1 is 1.55 bits per heavy atom. The molecule has 0 aromatic rings. The van der Waals surface area contributed by atoms with Crippen molar-refractivity contribution in [2.24, 2.45) is 0 Å². The number of hydrogen-bond donors (Lipinski definition) is 2. The summed E-state index contributed by atoms with van der Waals surface area (Å²) in [5.41, 5.74) is 0. The maximum atomic E-state index is 9.01. The van der Waals surface area contributed by atoms with Crippen molar-refractivity contribution >= 4 is 0 Å². The Bertz CT molecular complexity index is 86.2. The zero-order chi connectivity index (χ0) is 8.69. The van der Waals surface area contributed by atoms with Crippen LogP contribution in [0.3, 0.4) is 0 Å². The van der Waals surface area contributed by atoms with Crippen LogP contribution in [0.2, 0.25) is 0 Å². The van der Waals surface area contributed by atoms with Gasteiger partial charge in [-0.25, -0.2) is 0 Å². The lowest BCUT2D eigenvalue weighted by Crippen LogP contribution is -2.25. The van der Waals surface area contributed by atoms with Crippen molar-refractivity contribution in [3.63, 3.8) is 0 Å². The van der Waals surface area contributed by atoms with Gasteiger partial charge in [0, 0.05) is 19.7 Å². The molecule has 1 heterocycles. The van der Waals surface area contributed by atoms with Crippen LogP contribution in [-0.4, -0.2) is 37.5 Å². The van der Waals surface area contributed by atoms with Gasteiger partial charge < -0.3 is 15.2 Å². The summed E-state index contributed by atoms with van der Waals surface area (Å²) in [6.45, 7) is 5.42. The Morgan fingerprint density at radius 2 is 2.18 bits per heavy atom. The Kier molecular flexibility index (Phi) is 6.51. The monoisotopic (exact) mass is 161 g/mol. The fourth-order valence-corrected chi connectivity index (χ4v) is 1.13. The fourth-order valence-electron chi connectivity index (χ4n) is 1.13. The molecule has 1 aliphatic rings. The minimum Gasteiger partial charge on any atom is -0.392 e. The van der Waals surface area contributed by atoms with E-state index in [4.69, 9.17) is 9.84 Å². The van der Waals surface area contributed by atoms with E-state index in [9.17, 15) is 0 Å². The second-order valence-corrected chi connectivity index (χ2v) is 2.45. The summed E-state index contributed by atoms with van der Waals surface area (Å²) < 4.78 is 4.90. The highest BCUT2D eigenvalue weighted by molar-refractivity contribution is 4.80. The largest absolute Gasteiger partial charge is 0.392 e. The molecule has 3 nitrogen and oxygen atoms in total. The van der Waals surface area contributed by atoms with E-state index in [-0.39, 0.29) is 6.10 Å². The molecular weight excluding hydrogens is 142 g/mol. The molecule has 11 heavy (non-hydrogen) atoms. The van der Waals surface area contributed by atoms with Gasteiger partial charge in [-0.1, -0.05) is 13.8 Å². The zero-order valence-electron chi connectivity index (χ0n) is 7.63. The van der Waals surface area contributed by atoms with Gasteiger partial charge >= 0.3 is 0 Å². The van der Waals surface area contributed by atoms with Gasteiger partial charge in [-0.15, -0.1) is 0 Å². The second kappa shape index (κ2) is 6.58. The average Bonchev–Trinajstić information content (AvgIpc) is 2.41. The molecule has 0 amide bonds. The molecule has 1 rings (SSSR count). The highest BCUT2D eigenvalue weighted by Crippen LogP contribution is 2.05. The number of methoxy groups -OCH3 is 1. The van der Waals surface area contributed by atoms with Crippen LogP contribution in [0.25, 0.3) is 0 Å². The van der Waals surface area contributed by atoms with Crippen LogP contribution in [0, 0.1) is 0 Å². The third-order valence-electron chi connectivity index (χ3n) is 1.57. The van der Waals surface area contributed by atoms with Gasteiger partial charge in [-0.05, 0) is 6.42 Å². The van der Waals surface area contributed by atoms with Crippen LogP contribution < -0.4 is 5.32 Å². The molecule has 0 radical (unpaired) electrons. The third kappa shape index (κ3) is 4.35. The number of aliphatic hydroxyl groups is 1. The number of aliphatic hydroxyl groups excluding tert-OH is 1. The van der Waals surface area contributed by atoms with Crippen LogP contribution in [0.1, 0.15) is 20.3 Å². The molecule has 0 aliphatic carbocycles. The zero-order valence-corrected chi connectivity index (χ0v) is 7.63. The Morgan fingerprint density at radius 3 is 2.55 bits per heavy atom. The van der Waals surface area contributed by atoms with Crippen LogP contribution >= 0.6 is 0 Å². The summed E-state index contributed by atoms with van der Waals surface area (Å²) in [4.78, 5) is 0. The van der Waals surface area contributed by atoms with Gasteiger partial charge in [0.05, 0.1) is 12.7 Å². The number of ether oxygens (including phenoxy) is 1. The number of rotatable bonds is 2. The van der Waals surface area contributed by atoms with Gasteiger partial charge in [0.25, 0.3) is 0 Å². The third-order valence-corrected chi connectivity index (χ3v) is 1.57. The summed E-state index contributed by atoms with van der Waals surface area (Å²) in [6.07, 6.45) is 0.665. The number of β-amino-alcohol motifs (C(OH)–C–C–N with tert-alkyl or cyclic N) is 1. The summed E-state index contributed by atoms with van der Waals surface area (Å²) in [5, 5.41) is 12.1. The van der Waals surface area contributed by atoms with Crippen LogP contribution in [-0.2, 0) is 4.74 Å². The van der Waals surface area contributed by atoms with E-state index in [0.717, 1.165) is 6.42 Å². The Balaban J connectivity index is 0.000000461. The Hall–Kier alpha value is -0.120. The summed E-state index contributed by atoms with van der Waals surface area (Å²) >= 11 is 0. The van der Waals surface area contributed by atoms with E-state index in [1.165, 1.54) is 0 Å². The van der Waals surface area contributed by atoms with Gasteiger partial charge in [-0.2, -0.15) is 0 Å². The summed E-state index contributed by atoms with van der Waals surface area (Å²) in [6, 6.07) is 0.366. The van der Waals surface area contributed by atoms with Gasteiger partial charge in [-0.3, -0.25) is 0 Å². The molecule has 2 unspecified atom stereocenters. The van der Waals surface area contributed by atoms with Gasteiger partial charge in [0.1, 0.15) is 0 Å². The van der Waals surface area contributed by atoms with E-state index < -0.39 is 0 Å². The summed E-state index contributed by atoms with van der Waals surface area (Å²) in [7, 11) is 1.67. The SMILES string of the molecule is CC.COCC1CC(O)CN1. The lowest BCUT2D eigenvalue weighted by molar-refractivity contribution is 0.157. The normalized spacial score (nSPS) is 29.5. The smallest absolute Gasteiger partial charge is 0.0680 e. The predicted molar refractivity (Wildman–Crippen MR) is 45.6 cm³/mol.